The van der Waals surface area contributed by atoms with E-state index in [9.17, 15) is 4.79 Å². The molecule has 1 rings (SSSR count). The molecule has 0 fully saturated rings. The van der Waals surface area contributed by atoms with Gasteiger partial charge in [-0.05, 0) is 18.4 Å². The fourth-order valence-corrected chi connectivity index (χ4v) is 1.57. The van der Waals surface area contributed by atoms with Crippen LogP contribution in [0.15, 0.2) is 30.3 Å². The Kier molecular flexibility index (Phi) is 6.15. The molecule has 0 saturated carbocycles. The number of alkyl carbamates (subject to hydrolysis) is 1. The molecule has 0 aliphatic carbocycles. The van der Waals surface area contributed by atoms with Crippen LogP contribution in [0.2, 0.25) is 0 Å². The minimum Gasteiger partial charge on any atom is -0.441 e. The Bertz CT molecular complexity index is 324. The van der Waals surface area contributed by atoms with Gasteiger partial charge in [-0.15, -0.1) is 0 Å². The van der Waals surface area contributed by atoms with Gasteiger partial charge < -0.3 is 10.1 Å². The molecule has 1 amide bonds. The number of carbonyl (C=O) groups is 1. The van der Waals surface area contributed by atoms with Gasteiger partial charge in [-0.1, -0.05) is 50.6 Å². The van der Waals surface area contributed by atoms with E-state index in [-0.39, 0.29) is 12.2 Å². The Morgan fingerprint density at radius 2 is 2.06 bits per heavy atom. The average Bonchev–Trinajstić information content (AvgIpc) is 2.37. The maximum atomic E-state index is 11.5. The molecular weight excluding hydrogens is 214 g/mol. The molecule has 0 heterocycles. The number of benzene rings is 1. The zero-order valence-corrected chi connectivity index (χ0v) is 10.5. The highest BCUT2D eigenvalue weighted by molar-refractivity contribution is 5.68. The lowest BCUT2D eigenvalue weighted by Crippen LogP contribution is -2.23. The lowest BCUT2D eigenvalue weighted by molar-refractivity contribution is 0.0938. The molecule has 0 aliphatic rings. The van der Waals surface area contributed by atoms with E-state index < -0.39 is 0 Å². The molecule has 3 heteroatoms. The van der Waals surface area contributed by atoms with E-state index >= 15 is 0 Å². The van der Waals surface area contributed by atoms with Crippen molar-refractivity contribution in [2.45, 2.75) is 39.2 Å². The van der Waals surface area contributed by atoms with E-state index in [4.69, 9.17) is 4.74 Å². The molecule has 0 aromatic heterocycles. The fraction of sp³-hybridized carbons (Fsp3) is 0.429. The largest absolute Gasteiger partial charge is 0.441 e. The van der Waals surface area contributed by atoms with Crippen LogP contribution in [-0.2, 0) is 4.74 Å². The molecular formula is C14H20NO2. The number of amides is 1. The lowest BCUT2D eigenvalue weighted by atomic mass is 10.1. The Morgan fingerprint density at radius 3 is 2.65 bits per heavy atom. The smallest absolute Gasteiger partial charge is 0.408 e. The number of hydrogen-bond donors (Lipinski definition) is 1. The molecule has 93 valence electrons. The maximum Gasteiger partial charge on any atom is 0.408 e. The Hall–Kier alpha value is -1.51. The van der Waals surface area contributed by atoms with Crippen LogP contribution in [0, 0.1) is 6.54 Å². The van der Waals surface area contributed by atoms with Crippen LogP contribution < -0.4 is 5.32 Å². The summed E-state index contributed by atoms with van der Waals surface area (Å²) in [6, 6.07) is 9.83. The predicted molar refractivity (Wildman–Crippen MR) is 68.3 cm³/mol. The second-order valence-corrected chi connectivity index (χ2v) is 3.85. The van der Waals surface area contributed by atoms with Crippen molar-refractivity contribution in [1.29, 1.82) is 0 Å². The molecule has 1 unspecified atom stereocenters. The molecule has 1 radical (unpaired) electrons. The van der Waals surface area contributed by atoms with Crippen LogP contribution in [0.1, 0.15) is 44.8 Å². The summed E-state index contributed by atoms with van der Waals surface area (Å²) in [5.74, 6) is 0. The normalized spacial score (nSPS) is 11.9. The van der Waals surface area contributed by atoms with Crippen molar-refractivity contribution in [1.82, 2.24) is 5.32 Å². The van der Waals surface area contributed by atoms with Crippen LogP contribution in [-0.4, -0.2) is 6.09 Å². The van der Waals surface area contributed by atoms with Gasteiger partial charge in [-0.3, -0.25) is 0 Å². The summed E-state index contributed by atoms with van der Waals surface area (Å²) in [7, 11) is 0. The maximum absolute atomic E-state index is 11.5. The van der Waals surface area contributed by atoms with Crippen molar-refractivity contribution in [3.63, 3.8) is 0 Å². The quantitative estimate of drug-likeness (QED) is 0.812. The first-order chi connectivity index (χ1) is 8.27. The van der Waals surface area contributed by atoms with Gasteiger partial charge in [-0.2, -0.15) is 0 Å². The van der Waals surface area contributed by atoms with Crippen LogP contribution in [0.25, 0.3) is 0 Å². The molecule has 3 nitrogen and oxygen atoms in total. The van der Waals surface area contributed by atoms with E-state index in [0.29, 0.717) is 0 Å². The van der Waals surface area contributed by atoms with Crippen LogP contribution >= 0.6 is 0 Å². The fourth-order valence-electron chi connectivity index (χ4n) is 1.57. The van der Waals surface area contributed by atoms with Crippen LogP contribution in [0.5, 0.6) is 0 Å². The van der Waals surface area contributed by atoms with Gasteiger partial charge in [0.05, 0.1) is 6.54 Å². The monoisotopic (exact) mass is 234 g/mol. The molecule has 1 N–H and O–H groups in total. The Morgan fingerprint density at radius 1 is 1.35 bits per heavy atom. The summed E-state index contributed by atoms with van der Waals surface area (Å²) >= 11 is 0. The first kappa shape index (κ1) is 13.6. The van der Waals surface area contributed by atoms with Gasteiger partial charge in [-0.25, -0.2) is 4.79 Å². The van der Waals surface area contributed by atoms with Crippen molar-refractivity contribution < 1.29 is 9.53 Å². The summed E-state index contributed by atoms with van der Waals surface area (Å²) in [6.07, 6.45) is 2.06. The van der Waals surface area contributed by atoms with Crippen molar-refractivity contribution in [2.75, 3.05) is 0 Å². The Labute approximate surface area is 103 Å². The molecule has 0 aliphatic heterocycles. The van der Waals surface area contributed by atoms with Crippen molar-refractivity contribution in [3.8, 4) is 0 Å². The molecule has 1 aromatic carbocycles. The van der Waals surface area contributed by atoms with Gasteiger partial charge >= 0.3 is 6.09 Å². The topological polar surface area (TPSA) is 38.3 Å². The number of rotatable bonds is 6. The Balaban J connectivity index is 2.57. The van der Waals surface area contributed by atoms with Crippen LogP contribution in [0.3, 0.4) is 0 Å². The molecule has 1 atom stereocenters. The van der Waals surface area contributed by atoms with E-state index in [1.54, 1.807) is 6.54 Å². The highest BCUT2D eigenvalue weighted by Crippen LogP contribution is 2.22. The lowest BCUT2D eigenvalue weighted by Gasteiger charge is -2.17. The summed E-state index contributed by atoms with van der Waals surface area (Å²) in [5, 5.41) is 2.60. The van der Waals surface area contributed by atoms with Crippen molar-refractivity contribution in [3.05, 3.63) is 42.4 Å². The predicted octanol–water partition coefficient (Wildman–Crippen LogP) is 3.83. The van der Waals surface area contributed by atoms with Gasteiger partial charge in [0.1, 0.15) is 6.10 Å². The third-order valence-electron chi connectivity index (χ3n) is 2.40. The molecule has 17 heavy (non-hydrogen) atoms. The first-order valence-electron chi connectivity index (χ1n) is 6.11. The molecule has 0 spiro atoms. The summed E-state index contributed by atoms with van der Waals surface area (Å²) in [4.78, 5) is 11.5. The van der Waals surface area contributed by atoms with Gasteiger partial charge in [0.2, 0.25) is 0 Å². The standard InChI is InChI=1S/C14H20NO2/c1-3-8-13(12-9-6-5-7-10-12)17-14(16)15-11-4-2/h5-7,9-11,13H,3-4,8H2,1-2H3,(H,15,16). The molecule has 0 bridgehead atoms. The number of hydrogen-bond acceptors (Lipinski definition) is 2. The van der Waals surface area contributed by atoms with E-state index in [0.717, 1.165) is 24.8 Å². The second kappa shape index (κ2) is 7.71. The second-order valence-electron chi connectivity index (χ2n) is 3.85. The highest BCUT2D eigenvalue weighted by atomic mass is 16.6. The van der Waals surface area contributed by atoms with Crippen molar-refractivity contribution >= 4 is 6.09 Å². The third kappa shape index (κ3) is 4.89. The number of nitrogens with one attached hydrogen (secondary N) is 1. The average molecular weight is 234 g/mol. The van der Waals surface area contributed by atoms with E-state index in [2.05, 4.69) is 12.2 Å². The number of ether oxygens (including phenoxy) is 1. The first-order valence-corrected chi connectivity index (χ1v) is 6.11. The summed E-state index contributed by atoms with van der Waals surface area (Å²) in [5.41, 5.74) is 1.04. The van der Waals surface area contributed by atoms with Crippen molar-refractivity contribution in [2.24, 2.45) is 0 Å². The SMILES string of the molecule is CC[CH]NC(=O)OC(CCC)c1ccccc1. The van der Waals surface area contributed by atoms with Crippen LogP contribution in [0.4, 0.5) is 4.79 Å². The molecule has 0 saturated heterocycles. The summed E-state index contributed by atoms with van der Waals surface area (Å²) < 4.78 is 5.40. The van der Waals surface area contributed by atoms with Gasteiger partial charge in [0.25, 0.3) is 0 Å². The van der Waals surface area contributed by atoms with E-state index in [1.165, 1.54) is 0 Å². The van der Waals surface area contributed by atoms with Gasteiger partial charge in [0.15, 0.2) is 0 Å². The zero-order chi connectivity index (χ0) is 12.5. The van der Waals surface area contributed by atoms with E-state index in [1.807, 2.05) is 37.3 Å². The highest BCUT2D eigenvalue weighted by Gasteiger charge is 2.14. The van der Waals surface area contributed by atoms with Gasteiger partial charge in [0, 0.05) is 0 Å². The molecule has 1 aromatic rings. The minimum absolute atomic E-state index is 0.161. The number of carbonyl (C=O) groups excluding carboxylic acids is 1. The third-order valence-corrected chi connectivity index (χ3v) is 2.40. The minimum atomic E-state index is -0.380. The zero-order valence-electron chi connectivity index (χ0n) is 10.5. The summed E-state index contributed by atoms with van der Waals surface area (Å²) in [6.45, 7) is 5.73.